The number of aryl methyl sites for hydroxylation is 1. The Morgan fingerprint density at radius 2 is 2.15 bits per heavy atom. The average molecular weight is 383 g/mol. The molecule has 0 amide bonds. The zero-order chi connectivity index (χ0) is 19.7. The van der Waals surface area contributed by atoms with Crippen molar-refractivity contribution in [3.05, 3.63) is 62.7 Å². The van der Waals surface area contributed by atoms with Crippen LogP contribution in [0.2, 0.25) is 0 Å². The summed E-state index contributed by atoms with van der Waals surface area (Å²) in [5.74, 6) is -0.904. The van der Waals surface area contributed by atoms with Gasteiger partial charge in [0.15, 0.2) is 0 Å². The number of aliphatic carboxylic acids is 1. The van der Waals surface area contributed by atoms with Gasteiger partial charge in [0.1, 0.15) is 6.23 Å². The summed E-state index contributed by atoms with van der Waals surface area (Å²) < 4.78 is 0. The van der Waals surface area contributed by atoms with Crippen LogP contribution in [0.25, 0.3) is 0 Å². The van der Waals surface area contributed by atoms with Gasteiger partial charge >= 0.3 is 5.97 Å². The predicted octanol–water partition coefficient (Wildman–Crippen LogP) is 3.76. The highest BCUT2D eigenvalue weighted by molar-refractivity contribution is 6.31. The Morgan fingerprint density at radius 3 is 2.69 bits per heavy atom. The van der Waals surface area contributed by atoms with Crippen molar-refractivity contribution in [2.75, 3.05) is 13.1 Å². The van der Waals surface area contributed by atoms with E-state index in [1.807, 2.05) is 0 Å². The molecule has 0 bridgehead atoms. The summed E-state index contributed by atoms with van der Waals surface area (Å²) in [6.45, 7) is 4.18. The van der Waals surface area contributed by atoms with E-state index >= 15 is 0 Å². The van der Waals surface area contributed by atoms with Crippen LogP contribution in [0.1, 0.15) is 37.1 Å². The Kier molecular flexibility index (Phi) is 8.98. The lowest BCUT2D eigenvalue weighted by atomic mass is 10.1. The van der Waals surface area contributed by atoms with Gasteiger partial charge in [-0.25, -0.2) is 0 Å². The first-order valence-electron chi connectivity index (χ1n) is 8.13. The number of carboxylic acid groups (broad SMARTS) is 1. The molecule has 2 N–H and O–H groups in total. The second kappa shape index (κ2) is 10.7. The average Bonchev–Trinajstić information content (AvgIpc) is 2.59. The first-order chi connectivity index (χ1) is 12.3. The Balaban J connectivity index is 2.97. The second-order valence-electron chi connectivity index (χ2n) is 5.74. The van der Waals surface area contributed by atoms with Gasteiger partial charge in [-0.15, -0.1) is 0 Å². The summed E-state index contributed by atoms with van der Waals surface area (Å²) in [5, 5.41) is 30.9. The fourth-order valence-corrected chi connectivity index (χ4v) is 2.49. The predicted molar refractivity (Wildman–Crippen MR) is 100.0 cm³/mol. The van der Waals surface area contributed by atoms with Crippen molar-refractivity contribution < 1.29 is 19.9 Å². The molecule has 26 heavy (non-hydrogen) atoms. The number of allylic oxidation sites excluding steroid dienone is 3. The molecule has 0 heterocycles. The molecule has 0 saturated carbocycles. The molecule has 1 aromatic rings. The van der Waals surface area contributed by atoms with E-state index in [1.54, 1.807) is 37.0 Å². The molecule has 1 rings (SSSR count). The fourth-order valence-electron chi connectivity index (χ4n) is 2.40. The number of halogens is 1. The van der Waals surface area contributed by atoms with Gasteiger partial charge in [0.2, 0.25) is 0 Å². The number of non-ortho nitro benzene ring substituents is 1. The van der Waals surface area contributed by atoms with Crippen molar-refractivity contribution in [3.63, 3.8) is 0 Å². The molecular formula is C18H23ClN2O5. The number of carbonyl (C=O) groups is 1. The van der Waals surface area contributed by atoms with E-state index < -0.39 is 17.1 Å². The summed E-state index contributed by atoms with van der Waals surface area (Å²) in [4.78, 5) is 22.8. The van der Waals surface area contributed by atoms with Crippen LogP contribution < -0.4 is 0 Å². The Labute approximate surface area is 157 Å². The smallest absolute Gasteiger partial charge is 0.303 e. The number of nitro groups is 1. The Bertz CT molecular complexity index is 703. The molecule has 0 aliphatic heterocycles. The van der Waals surface area contributed by atoms with Gasteiger partial charge in [-0.05, 0) is 43.5 Å². The van der Waals surface area contributed by atoms with Gasteiger partial charge in [-0.2, -0.15) is 0 Å². The third-order valence-electron chi connectivity index (χ3n) is 3.82. The van der Waals surface area contributed by atoms with Gasteiger partial charge in [0.05, 0.1) is 4.92 Å². The third kappa shape index (κ3) is 6.95. The van der Waals surface area contributed by atoms with E-state index in [1.165, 1.54) is 18.2 Å². The van der Waals surface area contributed by atoms with Crippen molar-refractivity contribution in [1.29, 1.82) is 0 Å². The molecule has 0 fully saturated rings. The fraction of sp³-hybridized carbons (Fsp3) is 0.389. The van der Waals surface area contributed by atoms with E-state index in [-0.39, 0.29) is 12.1 Å². The number of nitro benzene ring substituents is 1. The summed E-state index contributed by atoms with van der Waals surface area (Å²) in [7, 11) is 0. The van der Waals surface area contributed by atoms with Gasteiger partial charge in [0.25, 0.3) is 5.69 Å². The van der Waals surface area contributed by atoms with E-state index in [0.29, 0.717) is 35.7 Å². The number of hydrogen-bond acceptors (Lipinski definition) is 5. The lowest BCUT2D eigenvalue weighted by molar-refractivity contribution is -0.384. The normalized spacial score (nSPS) is 13.3. The Morgan fingerprint density at radius 1 is 1.46 bits per heavy atom. The summed E-state index contributed by atoms with van der Waals surface area (Å²) in [6.07, 6.45) is 4.53. The quantitative estimate of drug-likeness (QED) is 0.276. The summed E-state index contributed by atoms with van der Waals surface area (Å²) in [6, 6.07) is 4.26. The molecule has 0 radical (unpaired) electrons. The minimum absolute atomic E-state index is 0.0121. The second-order valence-corrected chi connectivity index (χ2v) is 6.18. The maximum atomic E-state index is 10.9. The first kappa shape index (κ1) is 21.8. The van der Waals surface area contributed by atoms with E-state index in [9.17, 15) is 20.0 Å². The summed E-state index contributed by atoms with van der Waals surface area (Å²) in [5.41, 5.74) is 1.08. The van der Waals surface area contributed by atoms with E-state index in [0.717, 1.165) is 0 Å². The van der Waals surface area contributed by atoms with Gasteiger partial charge < -0.3 is 10.2 Å². The maximum Gasteiger partial charge on any atom is 0.303 e. The monoisotopic (exact) mass is 382 g/mol. The molecule has 0 aliphatic rings. The van der Waals surface area contributed by atoms with Gasteiger partial charge in [-0.1, -0.05) is 23.8 Å². The number of benzene rings is 1. The molecule has 8 heteroatoms. The van der Waals surface area contributed by atoms with Crippen LogP contribution in [0, 0.1) is 17.0 Å². The molecule has 0 aromatic heterocycles. The number of carboxylic acids is 1. The molecule has 0 aliphatic carbocycles. The highest BCUT2D eigenvalue weighted by Gasteiger charge is 2.20. The topological polar surface area (TPSA) is 104 Å². The number of aliphatic hydroxyl groups is 1. The largest absolute Gasteiger partial charge is 0.481 e. The lowest BCUT2D eigenvalue weighted by Gasteiger charge is -2.28. The standard InChI is InChI=1S/C18H23ClN2O5/c1-3-14(19)6-4-10-20(11-5-7-17(22)23)18(24)16-9-8-15(21(25)26)12-13(16)2/h3-4,6,8-9,12,18,24H,5,7,10-11H2,1-2H3,(H,22,23)/b6-4-,14-3+. The summed E-state index contributed by atoms with van der Waals surface area (Å²) >= 11 is 5.92. The highest BCUT2D eigenvalue weighted by atomic mass is 35.5. The molecule has 1 aromatic carbocycles. The van der Waals surface area contributed by atoms with Crippen LogP contribution in [-0.4, -0.2) is 39.1 Å². The maximum absolute atomic E-state index is 10.9. The molecule has 7 nitrogen and oxygen atoms in total. The van der Waals surface area contributed by atoms with Crippen LogP contribution in [0.15, 0.2) is 41.5 Å². The van der Waals surface area contributed by atoms with E-state index in [2.05, 4.69) is 0 Å². The van der Waals surface area contributed by atoms with Gasteiger partial charge in [0, 0.05) is 36.7 Å². The van der Waals surface area contributed by atoms with Crippen LogP contribution in [0.5, 0.6) is 0 Å². The lowest BCUT2D eigenvalue weighted by Crippen LogP contribution is -2.30. The Hall–Kier alpha value is -2.22. The van der Waals surface area contributed by atoms with Crippen LogP contribution in [0.3, 0.4) is 0 Å². The number of aliphatic hydroxyl groups excluding tert-OH is 1. The molecule has 142 valence electrons. The number of nitrogens with zero attached hydrogens (tertiary/aromatic N) is 2. The van der Waals surface area contributed by atoms with Crippen LogP contribution in [-0.2, 0) is 4.79 Å². The SMILES string of the molecule is C/C=C(Cl)\C=C/CN(CCCC(=O)O)C(O)c1ccc([N+](=O)[O-])cc1C. The van der Waals surface area contributed by atoms with Crippen molar-refractivity contribution in [1.82, 2.24) is 4.90 Å². The first-order valence-corrected chi connectivity index (χ1v) is 8.51. The zero-order valence-corrected chi connectivity index (χ0v) is 15.5. The molecule has 1 unspecified atom stereocenters. The van der Waals surface area contributed by atoms with Crippen molar-refractivity contribution in [2.45, 2.75) is 32.9 Å². The number of rotatable bonds is 10. The highest BCUT2D eigenvalue weighted by Crippen LogP contribution is 2.25. The van der Waals surface area contributed by atoms with Crippen molar-refractivity contribution >= 4 is 23.3 Å². The minimum Gasteiger partial charge on any atom is -0.481 e. The van der Waals surface area contributed by atoms with Crippen LogP contribution >= 0.6 is 11.6 Å². The van der Waals surface area contributed by atoms with Gasteiger partial charge in [-0.3, -0.25) is 19.8 Å². The zero-order valence-electron chi connectivity index (χ0n) is 14.8. The molecular weight excluding hydrogens is 360 g/mol. The molecule has 0 saturated heterocycles. The minimum atomic E-state index is -1.02. The van der Waals surface area contributed by atoms with Crippen molar-refractivity contribution in [2.24, 2.45) is 0 Å². The van der Waals surface area contributed by atoms with E-state index in [4.69, 9.17) is 16.7 Å². The molecule has 0 spiro atoms. The van der Waals surface area contributed by atoms with Crippen molar-refractivity contribution in [3.8, 4) is 0 Å². The van der Waals surface area contributed by atoms with Crippen LogP contribution in [0.4, 0.5) is 5.69 Å². The third-order valence-corrected chi connectivity index (χ3v) is 4.16. The molecule has 1 atom stereocenters. The number of hydrogen-bond donors (Lipinski definition) is 2.